The van der Waals surface area contributed by atoms with E-state index in [1.165, 1.54) is 10.7 Å². The van der Waals surface area contributed by atoms with Crippen LogP contribution in [0.1, 0.15) is 0 Å². The van der Waals surface area contributed by atoms with E-state index in [2.05, 4.69) is 9.94 Å². The van der Waals surface area contributed by atoms with Gasteiger partial charge in [-0.3, -0.25) is 4.68 Å². The zero-order chi connectivity index (χ0) is 9.42. The lowest BCUT2D eigenvalue weighted by atomic mass is 10.2. The summed E-state index contributed by atoms with van der Waals surface area (Å²) < 4.78 is 14.8. The van der Waals surface area contributed by atoms with Crippen molar-refractivity contribution >= 4 is 16.6 Å². The molecule has 0 radical (unpaired) electrons. The van der Waals surface area contributed by atoms with Gasteiger partial charge in [0.05, 0.1) is 6.57 Å². The molecule has 0 fully saturated rings. The largest absolute Gasteiger partial charge is 0.275 e. The van der Waals surface area contributed by atoms with Crippen molar-refractivity contribution in [2.24, 2.45) is 7.05 Å². The molecule has 0 aliphatic carbocycles. The minimum Gasteiger partial charge on any atom is -0.275 e. The lowest BCUT2D eigenvalue weighted by molar-refractivity contribution is 0.633. The molecule has 3 nitrogen and oxygen atoms in total. The van der Waals surface area contributed by atoms with E-state index in [1.807, 2.05) is 0 Å². The zero-order valence-corrected chi connectivity index (χ0v) is 6.95. The minimum absolute atomic E-state index is 0.304. The number of halogens is 1. The van der Waals surface area contributed by atoms with Crippen LogP contribution in [0, 0.1) is 12.4 Å². The first-order valence-electron chi connectivity index (χ1n) is 3.71. The van der Waals surface area contributed by atoms with Gasteiger partial charge < -0.3 is 0 Å². The van der Waals surface area contributed by atoms with Gasteiger partial charge >= 0.3 is 0 Å². The molecule has 1 aromatic carbocycles. The third kappa shape index (κ3) is 1.14. The summed E-state index contributed by atoms with van der Waals surface area (Å²) in [5.41, 5.74) is 0.618. The highest BCUT2D eigenvalue weighted by molar-refractivity contribution is 5.82. The second-order valence-corrected chi connectivity index (χ2v) is 2.78. The van der Waals surface area contributed by atoms with E-state index in [4.69, 9.17) is 6.57 Å². The van der Waals surface area contributed by atoms with E-state index < -0.39 is 5.82 Å². The SMILES string of the molecule is [C-]#[N+]c1cc(F)c2nn(C)cc2c1. The van der Waals surface area contributed by atoms with Crippen molar-refractivity contribution in [2.75, 3.05) is 0 Å². The Morgan fingerprint density at radius 2 is 2.31 bits per heavy atom. The van der Waals surface area contributed by atoms with Crippen molar-refractivity contribution in [2.45, 2.75) is 0 Å². The highest BCUT2D eigenvalue weighted by atomic mass is 19.1. The number of benzene rings is 1. The molecule has 64 valence electrons. The van der Waals surface area contributed by atoms with E-state index in [0.29, 0.717) is 16.6 Å². The molecule has 1 aromatic heterocycles. The average molecular weight is 175 g/mol. The van der Waals surface area contributed by atoms with Gasteiger partial charge in [0.2, 0.25) is 0 Å². The third-order valence-corrected chi connectivity index (χ3v) is 1.79. The van der Waals surface area contributed by atoms with Crippen LogP contribution in [-0.4, -0.2) is 9.78 Å². The minimum atomic E-state index is -0.441. The van der Waals surface area contributed by atoms with Gasteiger partial charge in [-0.1, -0.05) is 0 Å². The molecule has 0 spiro atoms. The molecule has 0 saturated heterocycles. The van der Waals surface area contributed by atoms with Crippen LogP contribution in [-0.2, 0) is 7.05 Å². The van der Waals surface area contributed by atoms with Crippen molar-refractivity contribution < 1.29 is 4.39 Å². The molecule has 2 rings (SSSR count). The monoisotopic (exact) mass is 175 g/mol. The predicted molar refractivity (Wildman–Crippen MR) is 46.9 cm³/mol. The fraction of sp³-hybridized carbons (Fsp3) is 0.111. The van der Waals surface area contributed by atoms with Gasteiger partial charge in [-0.15, -0.1) is 0 Å². The van der Waals surface area contributed by atoms with Crippen LogP contribution in [0.25, 0.3) is 15.7 Å². The molecule has 13 heavy (non-hydrogen) atoms. The van der Waals surface area contributed by atoms with Gasteiger partial charge in [-0.25, -0.2) is 9.24 Å². The van der Waals surface area contributed by atoms with Crippen molar-refractivity contribution in [3.8, 4) is 0 Å². The lowest BCUT2D eigenvalue weighted by Gasteiger charge is -1.91. The Kier molecular flexibility index (Phi) is 1.52. The lowest BCUT2D eigenvalue weighted by Crippen LogP contribution is -1.86. The Hall–Kier alpha value is -1.89. The molecule has 0 saturated carbocycles. The molecular formula is C9H6FN3. The number of rotatable bonds is 0. The van der Waals surface area contributed by atoms with Crippen LogP contribution >= 0.6 is 0 Å². The maximum atomic E-state index is 13.2. The smallest absolute Gasteiger partial charge is 0.190 e. The normalized spacial score (nSPS) is 10.2. The van der Waals surface area contributed by atoms with Gasteiger partial charge in [-0.2, -0.15) is 5.10 Å². The molecule has 0 aliphatic heterocycles. The third-order valence-electron chi connectivity index (χ3n) is 1.79. The van der Waals surface area contributed by atoms with Gasteiger partial charge in [0, 0.05) is 18.6 Å². The average Bonchev–Trinajstić information content (AvgIpc) is 2.46. The molecule has 0 unspecified atom stereocenters. The Bertz CT molecular complexity index is 507. The highest BCUT2D eigenvalue weighted by Crippen LogP contribution is 2.23. The first-order chi connectivity index (χ1) is 6.20. The van der Waals surface area contributed by atoms with E-state index in [9.17, 15) is 4.39 Å². The first kappa shape index (κ1) is 7.74. The molecule has 0 amide bonds. The van der Waals surface area contributed by atoms with Crippen molar-refractivity contribution in [3.63, 3.8) is 0 Å². The summed E-state index contributed by atoms with van der Waals surface area (Å²) in [6.45, 7) is 6.75. The second-order valence-electron chi connectivity index (χ2n) is 2.78. The van der Waals surface area contributed by atoms with Gasteiger partial charge in [0.25, 0.3) is 0 Å². The molecule has 0 N–H and O–H groups in total. The summed E-state index contributed by atoms with van der Waals surface area (Å²) in [5, 5.41) is 4.59. The summed E-state index contributed by atoms with van der Waals surface area (Å²) in [6, 6.07) is 2.82. The fourth-order valence-corrected chi connectivity index (χ4v) is 1.26. The van der Waals surface area contributed by atoms with Gasteiger partial charge in [0.1, 0.15) is 11.3 Å². The molecule has 2 aromatic rings. The fourth-order valence-electron chi connectivity index (χ4n) is 1.26. The summed E-state index contributed by atoms with van der Waals surface area (Å²) in [6.07, 6.45) is 1.69. The Morgan fingerprint density at radius 1 is 1.54 bits per heavy atom. The topological polar surface area (TPSA) is 22.2 Å². The van der Waals surface area contributed by atoms with E-state index in [0.717, 1.165) is 0 Å². The molecule has 0 bridgehead atoms. The molecule has 1 heterocycles. The second kappa shape index (κ2) is 2.56. The maximum Gasteiger partial charge on any atom is 0.190 e. The number of fused-ring (bicyclic) bond motifs is 1. The molecule has 0 aliphatic rings. The zero-order valence-electron chi connectivity index (χ0n) is 6.95. The van der Waals surface area contributed by atoms with Gasteiger partial charge in [0.15, 0.2) is 5.69 Å². The van der Waals surface area contributed by atoms with Crippen LogP contribution in [0.4, 0.5) is 10.1 Å². The van der Waals surface area contributed by atoms with Gasteiger partial charge in [-0.05, 0) is 12.1 Å². The Balaban J connectivity index is 2.85. The Labute approximate surface area is 74.2 Å². The van der Waals surface area contributed by atoms with Crippen LogP contribution < -0.4 is 0 Å². The van der Waals surface area contributed by atoms with Crippen LogP contribution in [0.15, 0.2) is 18.3 Å². The predicted octanol–water partition coefficient (Wildman–Crippen LogP) is 2.26. The number of aromatic nitrogens is 2. The van der Waals surface area contributed by atoms with Crippen LogP contribution in [0.5, 0.6) is 0 Å². The van der Waals surface area contributed by atoms with Crippen molar-refractivity contribution in [1.29, 1.82) is 0 Å². The first-order valence-corrected chi connectivity index (χ1v) is 3.71. The molecule has 0 atom stereocenters. The number of aryl methyl sites for hydroxylation is 1. The number of hydrogen-bond donors (Lipinski definition) is 0. The van der Waals surface area contributed by atoms with E-state index in [-0.39, 0.29) is 0 Å². The summed E-state index contributed by atoms with van der Waals surface area (Å²) >= 11 is 0. The van der Waals surface area contributed by atoms with Crippen LogP contribution in [0.2, 0.25) is 0 Å². The van der Waals surface area contributed by atoms with E-state index in [1.54, 1.807) is 19.3 Å². The number of nitrogens with zero attached hydrogens (tertiary/aromatic N) is 3. The number of hydrogen-bond acceptors (Lipinski definition) is 1. The summed E-state index contributed by atoms with van der Waals surface area (Å²) in [7, 11) is 1.72. The van der Waals surface area contributed by atoms with Crippen molar-refractivity contribution in [1.82, 2.24) is 9.78 Å². The summed E-state index contributed by atoms with van der Waals surface area (Å²) in [4.78, 5) is 3.16. The molecular weight excluding hydrogens is 169 g/mol. The quantitative estimate of drug-likeness (QED) is 0.563. The highest BCUT2D eigenvalue weighted by Gasteiger charge is 2.06. The Morgan fingerprint density at radius 3 is 3.00 bits per heavy atom. The summed E-state index contributed by atoms with van der Waals surface area (Å²) in [5.74, 6) is -0.441. The van der Waals surface area contributed by atoms with Crippen LogP contribution in [0.3, 0.4) is 0 Å². The van der Waals surface area contributed by atoms with Crippen molar-refractivity contribution in [3.05, 3.63) is 35.6 Å². The maximum absolute atomic E-state index is 13.2. The standard InChI is InChI=1S/C9H6FN3/c1-11-7-3-6-5-13(2)12-9(6)8(10)4-7/h3-5H,2H3. The molecule has 4 heteroatoms. The van der Waals surface area contributed by atoms with E-state index >= 15 is 0 Å².